The molecule has 1 aliphatic heterocycles. The van der Waals surface area contributed by atoms with Gasteiger partial charge in [0, 0.05) is 0 Å². The molecule has 1 atom stereocenters. The Labute approximate surface area is 99.7 Å². The maximum atomic E-state index is 13.0. The number of carbonyl (C=O) groups excluding carboxylic acids is 1. The lowest BCUT2D eigenvalue weighted by atomic mass is 10.1. The van der Waals surface area contributed by atoms with Gasteiger partial charge in [-0.05, 0) is 25.1 Å². The first-order chi connectivity index (χ1) is 8.30. The van der Waals surface area contributed by atoms with Crippen molar-refractivity contribution in [2.24, 2.45) is 11.0 Å². The summed E-state index contributed by atoms with van der Waals surface area (Å²) < 4.78 is 50.7. The summed E-state index contributed by atoms with van der Waals surface area (Å²) in [5, 5.41) is 3.82. The summed E-state index contributed by atoms with van der Waals surface area (Å²) in [6, 6.07) is 4.69. The first-order valence-corrected chi connectivity index (χ1v) is 5.06. The van der Waals surface area contributed by atoms with Gasteiger partial charge in [-0.2, -0.15) is 23.3 Å². The molecular weight excluding hydrogens is 252 g/mol. The van der Waals surface area contributed by atoms with Crippen LogP contribution in [0.2, 0.25) is 0 Å². The van der Waals surface area contributed by atoms with E-state index in [9.17, 15) is 22.4 Å². The van der Waals surface area contributed by atoms with Gasteiger partial charge in [0.1, 0.15) is 5.82 Å². The normalized spacial score (nSPS) is 20.3. The van der Waals surface area contributed by atoms with E-state index in [-0.39, 0.29) is 5.69 Å². The van der Waals surface area contributed by atoms with Crippen LogP contribution in [0.15, 0.2) is 29.4 Å². The zero-order valence-electron chi connectivity index (χ0n) is 9.20. The van der Waals surface area contributed by atoms with Crippen molar-refractivity contribution in [3.63, 3.8) is 0 Å². The minimum atomic E-state index is -4.67. The number of rotatable bonds is 1. The Hall–Kier alpha value is -1.92. The molecule has 3 nitrogen and oxygen atoms in total. The Morgan fingerprint density at radius 1 is 1.33 bits per heavy atom. The molecule has 0 bridgehead atoms. The van der Waals surface area contributed by atoms with Crippen molar-refractivity contribution >= 4 is 17.3 Å². The molecule has 0 fully saturated rings. The Balaban J connectivity index is 2.41. The van der Waals surface area contributed by atoms with Crippen LogP contribution in [0.4, 0.5) is 23.2 Å². The highest BCUT2D eigenvalue weighted by Crippen LogP contribution is 2.31. The number of hydrogen-bond acceptors (Lipinski definition) is 2. The van der Waals surface area contributed by atoms with Gasteiger partial charge in [0.25, 0.3) is 5.91 Å². The molecule has 0 aliphatic carbocycles. The van der Waals surface area contributed by atoms with Crippen LogP contribution in [0, 0.1) is 11.7 Å². The fourth-order valence-corrected chi connectivity index (χ4v) is 1.64. The summed E-state index contributed by atoms with van der Waals surface area (Å²) in [6.45, 7) is 1.12. The van der Waals surface area contributed by atoms with E-state index >= 15 is 0 Å². The van der Waals surface area contributed by atoms with Crippen LogP contribution in [-0.4, -0.2) is 17.8 Å². The van der Waals surface area contributed by atoms with Gasteiger partial charge in [-0.3, -0.25) is 4.79 Å². The highest BCUT2D eigenvalue weighted by molar-refractivity contribution is 6.17. The molecule has 1 aromatic carbocycles. The van der Waals surface area contributed by atoms with Crippen molar-refractivity contribution in [1.82, 2.24) is 0 Å². The summed E-state index contributed by atoms with van der Waals surface area (Å²) in [5.74, 6) is -2.86. The first-order valence-electron chi connectivity index (χ1n) is 5.06. The van der Waals surface area contributed by atoms with E-state index in [0.717, 1.165) is 19.1 Å². The quantitative estimate of drug-likeness (QED) is 0.714. The molecule has 0 saturated carbocycles. The van der Waals surface area contributed by atoms with E-state index < -0.39 is 29.5 Å². The van der Waals surface area contributed by atoms with Crippen LogP contribution >= 0.6 is 0 Å². The summed E-state index contributed by atoms with van der Waals surface area (Å²) in [6.07, 6.45) is -4.67. The van der Waals surface area contributed by atoms with Crippen LogP contribution < -0.4 is 5.01 Å². The third kappa shape index (κ3) is 2.07. The predicted octanol–water partition coefficient (Wildman–Crippen LogP) is 2.73. The molecule has 96 valence electrons. The van der Waals surface area contributed by atoms with Gasteiger partial charge in [0.05, 0.1) is 11.6 Å². The van der Waals surface area contributed by atoms with Gasteiger partial charge >= 0.3 is 6.18 Å². The average Bonchev–Trinajstić information content (AvgIpc) is 2.55. The number of hydrogen-bond donors (Lipinski definition) is 0. The second-order valence-corrected chi connectivity index (χ2v) is 3.83. The number of anilines is 1. The van der Waals surface area contributed by atoms with Crippen LogP contribution in [0.3, 0.4) is 0 Å². The molecule has 1 heterocycles. The standard InChI is InChI=1S/C11H8F4N2O/c1-6-9(11(13,14)15)16-17(10(6)18)8-4-2-3-7(12)5-8/h2-6H,1H3. The second-order valence-electron chi connectivity index (χ2n) is 3.83. The Bertz CT molecular complexity index is 524. The predicted molar refractivity (Wildman–Crippen MR) is 56.5 cm³/mol. The van der Waals surface area contributed by atoms with E-state index in [1.165, 1.54) is 12.1 Å². The largest absolute Gasteiger partial charge is 0.432 e. The lowest BCUT2D eigenvalue weighted by Crippen LogP contribution is -2.31. The maximum absolute atomic E-state index is 13.0. The first kappa shape index (κ1) is 12.5. The van der Waals surface area contributed by atoms with Crippen LogP contribution in [0.25, 0.3) is 0 Å². The van der Waals surface area contributed by atoms with Crippen LogP contribution in [0.1, 0.15) is 6.92 Å². The molecule has 0 saturated heterocycles. The second kappa shape index (κ2) is 4.08. The van der Waals surface area contributed by atoms with Crippen molar-refractivity contribution in [3.8, 4) is 0 Å². The molecule has 1 aliphatic rings. The van der Waals surface area contributed by atoms with Crippen molar-refractivity contribution < 1.29 is 22.4 Å². The van der Waals surface area contributed by atoms with Gasteiger partial charge in [0.15, 0.2) is 5.71 Å². The topological polar surface area (TPSA) is 32.7 Å². The highest BCUT2D eigenvalue weighted by atomic mass is 19.4. The number of halogens is 4. The number of hydrazone groups is 1. The number of carbonyl (C=O) groups is 1. The molecule has 1 amide bonds. The van der Waals surface area contributed by atoms with E-state index in [4.69, 9.17) is 0 Å². The SMILES string of the molecule is CC1C(=O)N(c2cccc(F)c2)N=C1C(F)(F)F. The third-order valence-corrected chi connectivity index (χ3v) is 2.54. The lowest BCUT2D eigenvalue weighted by Gasteiger charge is -2.12. The van der Waals surface area contributed by atoms with Crippen molar-refractivity contribution in [2.75, 3.05) is 5.01 Å². The zero-order chi connectivity index (χ0) is 13.5. The monoisotopic (exact) mass is 260 g/mol. The summed E-state index contributed by atoms with van der Waals surface area (Å²) in [7, 11) is 0. The van der Waals surface area contributed by atoms with Gasteiger partial charge in [0.2, 0.25) is 0 Å². The third-order valence-electron chi connectivity index (χ3n) is 2.54. The van der Waals surface area contributed by atoms with Crippen LogP contribution in [0.5, 0.6) is 0 Å². The Morgan fingerprint density at radius 2 is 2.00 bits per heavy atom. The minimum absolute atomic E-state index is 0.0221. The van der Waals surface area contributed by atoms with Crippen molar-refractivity contribution in [1.29, 1.82) is 0 Å². The minimum Gasteiger partial charge on any atom is -0.272 e. The van der Waals surface area contributed by atoms with Gasteiger partial charge < -0.3 is 0 Å². The molecule has 1 aromatic rings. The number of alkyl halides is 3. The highest BCUT2D eigenvalue weighted by Gasteiger charge is 2.48. The molecule has 1 unspecified atom stereocenters. The molecule has 0 N–H and O–H groups in total. The Morgan fingerprint density at radius 3 is 2.50 bits per heavy atom. The summed E-state index contributed by atoms with van der Waals surface area (Å²) in [4.78, 5) is 11.7. The molecule has 2 rings (SSSR count). The number of benzene rings is 1. The average molecular weight is 260 g/mol. The van der Waals surface area contributed by atoms with Gasteiger partial charge in [-0.1, -0.05) is 6.07 Å². The molecule has 0 aromatic heterocycles. The van der Waals surface area contributed by atoms with Crippen molar-refractivity contribution in [3.05, 3.63) is 30.1 Å². The van der Waals surface area contributed by atoms with E-state index in [1.54, 1.807) is 0 Å². The van der Waals surface area contributed by atoms with E-state index in [1.807, 2.05) is 0 Å². The zero-order valence-corrected chi connectivity index (χ0v) is 9.20. The smallest absolute Gasteiger partial charge is 0.272 e. The van der Waals surface area contributed by atoms with Crippen LogP contribution in [-0.2, 0) is 4.79 Å². The Kier molecular flexibility index (Phi) is 2.84. The number of nitrogens with zero attached hydrogens (tertiary/aromatic N) is 2. The molecule has 7 heteroatoms. The molecular formula is C11H8F4N2O. The lowest BCUT2D eigenvalue weighted by molar-refractivity contribution is -0.120. The summed E-state index contributed by atoms with van der Waals surface area (Å²) in [5.41, 5.74) is -1.19. The molecule has 0 radical (unpaired) electrons. The number of amides is 1. The molecule has 18 heavy (non-hydrogen) atoms. The van der Waals surface area contributed by atoms with E-state index in [2.05, 4.69) is 5.10 Å². The fourth-order valence-electron chi connectivity index (χ4n) is 1.64. The molecule has 0 spiro atoms. The fraction of sp³-hybridized carbons (Fsp3) is 0.273. The van der Waals surface area contributed by atoms with Crippen molar-refractivity contribution in [2.45, 2.75) is 13.1 Å². The summed E-state index contributed by atoms with van der Waals surface area (Å²) >= 11 is 0. The van der Waals surface area contributed by atoms with Gasteiger partial charge in [-0.15, -0.1) is 0 Å². The maximum Gasteiger partial charge on any atom is 0.432 e. The van der Waals surface area contributed by atoms with E-state index in [0.29, 0.717) is 5.01 Å². The van der Waals surface area contributed by atoms with Gasteiger partial charge in [-0.25, -0.2) is 4.39 Å².